The van der Waals surface area contributed by atoms with Crippen molar-refractivity contribution in [1.82, 2.24) is 15.3 Å². The number of hydrogen-bond acceptors (Lipinski definition) is 4. The van der Waals surface area contributed by atoms with Crippen LogP contribution >= 0.6 is 11.6 Å². The highest BCUT2D eigenvalue weighted by Crippen LogP contribution is 2.18. The van der Waals surface area contributed by atoms with E-state index in [0.717, 1.165) is 36.7 Å². The van der Waals surface area contributed by atoms with Crippen LogP contribution in [0.2, 0.25) is 0 Å². The van der Waals surface area contributed by atoms with Crippen LogP contribution in [-0.2, 0) is 9.59 Å². The molecule has 0 aliphatic carbocycles. The summed E-state index contributed by atoms with van der Waals surface area (Å²) < 4.78 is 0. The molecule has 1 aliphatic heterocycles. The molecule has 7 heteroatoms. The van der Waals surface area contributed by atoms with Crippen molar-refractivity contribution in [2.45, 2.75) is 39.0 Å². The summed E-state index contributed by atoms with van der Waals surface area (Å²) >= 11 is 6.17. The van der Waals surface area contributed by atoms with E-state index >= 15 is 0 Å². The highest BCUT2D eigenvalue weighted by Gasteiger charge is 2.21. The molecular weight excluding hydrogens is 342 g/mol. The molecule has 2 N–H and O–H groups in total. The fourth-order valence-corrected chi connectivity index (χ4v) is 2.93. The normalized spacial score (nSPS) is 16.0. The third-order valence-electron chi connectivity index (χ3n) is 4.14. The molecule has 140 valence electrons. The van der Waals surface area contributed by atoms with E-state index in [1.807, 2.05) is 24.0 Å². The maximum Gasteiger partial charge on any atom is 0.243 e. The van der Waals surface area contributed by atoms with Crippen molar-refractivity contribution in [2.24, 2.45) is 0 Å². The van der Waals surface area contributed by atoms with Gasteiger partial charge in [0.05, 0.1) is 5.70 Å². The maximum atomic E-state index is 12.3. The molecule has 0 saturated carbocycles. The van der Waals surface area contributed by atoms with Gasteiger partial charge >= 0.3 is 0 Å². The molecule has 0 spiro atoms. The van der Waals surface area contributed by atoms with E-state index in [-0.39, 0.29) is 18.2 Å². The lowest BCUT2D eigenvalue weighted by molar-refractivity contribution is -0.132. The minimum Gasteiger partial charge on any atom is -0.367 e. The monoisotopic (exact) mass is 369 g/mol. The molecule has 0 aromatic rings. The quantitative estimate of drug-likeness (QED) is 0.284. The van der Waals surface area contributed by atoms with Gasteiger partial charge in [-0.2, -0.15) is 0 Å². The first kappa shape index (κ1) is 21.3. The Balaban J connectivity index is 2.34. The SMILES string of the molecule is C=C/C=C\C(=C(/C)Cl)N1CCN(C(=O)CCCCCC(=O)NO)CC1. The molecule has 0 aromatic carbocycles. The van der Waals surface area contributed by atoms with Crippen LogP contribution < -0.4 is 5.48 Å². The van der Waals surface area contributed by atoms with E-state index in [1.54, 1.807) is 11.6 Å². The molecule has 1 saturated heterocycles. The highest BCUT2D eigenvalue weighted by atomic mass is 35.5. The van der Waals surface area contributed by atoms with Gasteiger partial charge in [0.1, 0.15) is 0 Å². The second-order valence-electron chi connectivity index (χ2n) is 5.98. The second kappa shape index (κ2) is 11.7. The van der Waals surface area contributed by atoms with Gasteiger partial charge in [-0.25, -0.2) is 5.48 Å². The molecule has 1 heterocycles. The van der Waals surface area contributed by atoms with Crippen molar-refractivity contribution >= 4 is 23.4 Å². The molecule has 0 unspecified atom stereocenters. The highest BCUT2D eigenvalue weighted by molar-refractivity contribution is 6.29. The zero-order chi connectivity index (χ0) is 18.7. The van der Waals surface area contributed by atoms with Gasteiger partial charge < -0.3 is 9.80 Å². The maximum absolute atomic E-state index is 12.3. The number of halogens is 1. The summed E-state index contributed by atoms with van der Waals surface area (Å²) in [5.41, 5.74) is 2.58. The van der Waals surface area contributed by atoms with Gasteiger partial charge in [-0.15, -0.1) is 0 Å². The average molecular weight is 370 g/mol. The Hall–Kier alpha value is -1.79. The third-order valence-corrected chi connectivity index (χ3v) is 4.33. The molecule has 0 aromatic heterocycles. The van der Waals surface area contributed by atoms with Crippen LogP contribution in [0.3, 0.4) is 0 Å². The lowest BCUT2D eigenvalue weighted by atomic mass is 10.1. The van der Waals surface area contributed by atoms with Crippen LogP contribution in [0.5, 0.6) is 0 Å². The molecule has 1 aliphatic rings. The number of amides is 2. The lowest BCUT2D eigenvalue weighted by Crippen LogP contribution is -2.48. The van der Waals surface area contributed by atoms with Crippen molar-refractivity contribution in [2.75, 3.05) is 26.2 Å². The lowest BCUT2D eigenvalue weighted by Gasteiger charge is -2.37. The zero-order valence-corrected chi connectivity index (χ0v) is 15.6. The molecule has 2 amide bonds. The number of carbonyl (C=O) groups excluding carboxylic acids is 2. The minimum atomic E-state index is -0.383. The largest absolute Gasteiger partial charge is 0.367 e. The van der Waals surface area contributed by atoms with Gasteiger partial charge in [0.25, 0.3) is 0 Å². The topological polar surface area (TPSA) is 72.9 Å². The predicted molar refractivity (Wildman–Crippen MR) is 99.1 cm³/mol. The van der Waals surface area contributed by atoms with Crippen molar-refractivity contribution in [3.63, 3.8) is 0 Å². The fourth-order valence-electron chi connectivity index (χ4n) is 2.75. The van der Waals surface area contributed by atoms with Gasteiger partial charge in [0.2, 0.25) is 11.8 Å². The Morgan fingerprint density at radius 3 is 2.28 bits per heavy atom. The summed E-state index contributed by atoms with van der Waals surface area (Å²) in [5.74, 6) is -0.229. The van der Waals surface area contributed by atoms with E-state index in [9.17, 15) is 9.59 Å². The van der Waals surface area contributed by atoms with E-state index in [0.29, 0.717) is 25.9 Å². The summed E-state index contributed by atoms with van der Waals surface area (Å²) in [6.45, 7) is 8.40. The summed E-state index contributed by atoms with van der Waals surface area (Å²) in [5, 5.41) is 9.13. The molecule has 1 rings (SSSR count). The standard InChI is InChI=1S/C18H28ClN3O3/c1-3-4-8-16(15(2)19)21-11-13-22(14-12-21)18(24)10-7-5-6-9-17(23)20-25/h3-4,8,25H,1,5-7,9-14H2,2H3,(H,20,23)/b8-4-,16-15-. The Morgan fingerprint density at radius 2 is 1.72 bits per heavy atom. The molecular formula is C18H28ClN3O3. The minimum absolute atomic E-state index is 0.154. The van der Waals surface area contributed by atoms with Crippen LogP contribution in [0, 0.1) is 0 Å². The number of rotatable bonds is 9. The zero-order valence-electron chi connectivity index (χ0n) is 14.8. The summed E-state index contributed by atoms with van der Waals surface area (Å²) in [7, 11) is 0. The Bertz CT molecular complexity index is 520. The van der Waals surface area contributed by atoms with Crippen LogP contribution in [0.4, 0.5) is 0 Å². The van der Waals surface area contributed by atoms with E-state index < -0.39 is 0 Å². The second-order valence-corrected chi connectivity index (χ2v) is 6.54. The van der Waals surface area contributed by atoms with Crippen LogP contribution in [0.15, 0.2) is 35.5 Å². The fraction of sp³-hybridized carbons (Fsp3) is 0.556. The van der Waals surface area contributed by atoms with Crippen LogP contribution in [0.1, 0.15) is 39.0 Å². The first-order valence-electron chi connectivity index (χ1n) is 8.60. The number of allylic oxidation sites excluding steroid dienone is 4. The van der Waals surface area contributed by atoms with Gasteiger partial charge in [-0.3, -0.25) is 14.8 Å². The number of carbonyl (C=O) groups is 2. The molecule has 1 fully saturated rings. The van der Waals surface area contributed by atoms with Gasteiger partial charge in [0.15, 0.2) is 0 Å². The summed E-state index contributed by atoms with van der Waals surface area (Å²) in [6, 6.07) is 0. The number of nitrogens with zero attached hydrogens (tertiary/aromatic N) is 2. The van der Waals surface area contributed by atoms with E-state index in [2.05, 4.69) is 11.5 Å². The first-order valence-corrected chi connectivity index (χ1v) is 8.98. The molecule has 0 atom stereocenters. The number of piperazine rings is 1. The van der Waals surface area contributed by atoms with Crippen LogP contribution in [0.25, 0.3) is 0 Å². The predicted octanol–water partition coefficient (Wildman–Crippen LogP) is 2.80. The van der Waals surface area contributed by atoms with Gasteiger partial charge in [0, 0.05) is 44.1 Å². The number of nitrogens with one attached hydrogen (secondary N) is 1. The molecule has 0 radical (unpaired) electrons. The van der Waals surface area contributed by atoms with Crippen molar-refractivity contribution in [3.05, 3.63) is 35.5 Å². The number of hydroxylamine groups is 1. The van der Waals surface area contributed by atoms with E-state index in [1.165, 1.54) is 0 Å². The molecule has 6 nitrogen and oxygen atoms in total. The Labute approximate surface area is 154 Å². The third kappa shape index (κ3) is 7.75. The summed E-state index contributed by atoms with van der Waals surface area (Å²) in [6.07, 6.45) is 8.51. The van der Waals surface area contributed by atoms with Gasteiger partial charge in [-0.1, -0.05) is 36.8 Å². The van der Waals surface area contributed by atoms with Crippen LogP contribution in [-0.4, -0.2) is 53.0 Å². The first-order chi connectivity index (χ1) is 12.0. The Kier molecular flexibility index (Phi) is 9.96. The number of hydrogen-bond donors (Lipinski definition) is 2. The van der Waals surface area contributed by atoms with Crippen molar-refractivity contribution in [1.29, 1.82) is 0 Å². The smallest absolute Gasteiger partial charge is 0.243 e. The van der Waals surface area contributed by atoms with Gasteiger partial charge in [-0.05, 0) is 25.8 Å². The average Bonchev–Trinajstić information content (AvgIpc) is 2.61. The summed E-state index contributed by atoms with van der Waals surface area (Å²) in [4.78, 5) is 27.2. The van der Waals surface area contributed by atoms with E-state index in [4.69, 9.17) is 16.8 Å². The van der Waals surface area contributed by atoms with Crippen molar-refractivity contribution in [3.8, 4) is 0 Å². The molecule has 25 heavy (non-hydrogen) atoms. The number of unbranched alkanes of at least 4 members (excludes halogenated alkanes) is 2. The van der Waals surface area contributed by atoms with Crippen molar-refractivity contribution < 1.29 is 14.8 Å². The molecule has 0 bridgehead atoms. The Morgan fingerprint density at radius 1 is 1.12 bits per heavy atom.